The first kappa shape index (κ1) is 12.0. The number of carbonyl (C=O) groups excluding carboxylic acids is 1. The Morgan fingerprint density at radius 1 is 1.71 bits per heavy atom. The molecule has 5 heteroatoms. The summed E-state index contributed by atoms with van der Waals surface area (Å²) in [5.41, 5.74) is 1.98. The third-order valence-corrected chi connectivity index (χ3v) is 2.79. The summed E-state index contributed by atoms with van der Waals surface area (Å²) in [5, 5.41) is 5.98. The molecular formula is C12H17N3O2. The molecule has 1 fully saturated rings. The van der Waals surface area contributed by atoms with Crippen molar-refractivity contribution in [2.75, 3.05) is 19.8 Å². The number of hydrogen-bond acceptors (Lipinski definition) is 4. The molecule has 1 aliphatic heterocycles. The van der Waals surface area contributed by atoms with Crippen LogP contribution in [0.5, 0.6) is 0 Å². The third-order valence-electron chi connectivity index (χ3n) is 2.79. The summed E-state index contributed by atoms with van der Waals surface area (Å²) in [6.45, 7) is 4.27. The van der Waals surface area contributed by atoms with Crippen molar-refractivity contribution in [1.82, 2.24) is 15.6 Å². The van der Waals surface area contributed by atoms with E-state index in [1.165, 1.54) is 0 Å². The molecule has 0 bridgehead atoms. The quantitative estimate of drug-likeness (QED) is 0.774. The first-order valence-electron chi connectivity index (χ1n) is 5.76. The van der Waals surface area contributed by atoms with Gasteiger partial charge in [0.25, 0.3) is 0 Å². The Morgan fingerprint density at radius 3 is 3.29 bits per heavy atom. The molecular weight excluding hydrogens is 218 g/mol. The van der Waals surface area contributed by atoms with Gasteiger partial charge in [-0.1, -0.05) is 6.07 Å². The molecule has 17 heavy (non-hydrogen) atoms. The highest BCUT2D eigenvalue weighted by atomic mass is 16.5. The Bertz CT molecular complexity index is 389. The SMILES string of the molecule is Cc1cccnc1CNC(=O)[C@@H]1COCCN1. The van der Waals surface area contributed by atoms with Gasteiger partial charge in [-0.15, -0.1) is 0 Å². The second-order valence-electron chi connectivity index (χ2n) is 4.07. The van der Waals surface area contributed by atoms with E-state index in [-0.39, 0.29) is 11.9 Å². The first-order valence-corrected chi connectivity index (χ1v) is 5.76. The van der Waals surface area contributed by atoms with Gasteiger partial charge in [-0.3, -0.25) is 9.78 Å². The third kappa shape index (κ3) is 3.25. The lowest BCUT2D eigenvalue weighted by Gasteiger charge is -2.22. The van der Waals surface area contributed by atoms with E-state index >= 15 is 0 Å². The van der Waals surface area contributed by atoms with Crippen LogP contribution in [0.4, 0.5) is 0 Å². The summed E-state index contributed by atoms with van der Waals surface area (Å²) in [6.07, 6.45) is 1.73. The molecule has 1 aromatic heterocycles. The molecule has 1 atom stereocenters. The zero-order valence-electron chi connectivity index (χ0n) is 9.90. The second kappa shape index (κ2) is 5.75. The molecule has 1 aromatic rings. The molecule has 0 saturated carbocycles. The minimum absolute atomic E-state index is 0.0326. The Labute approximate surface area is 101 Å². The van der Waals surface area contributed by atoms with E-state index in [2.05, 4.69) is 15.6 Å². The molecule has 0 radical (unpaired) electrons. The summed E-state index contributed by atoms with van der Waals surface area (Å²) in [5.74, 6) is -0.0326. The number of hydrogen-bond donors (Lipinski definition) is 2. The van der Waals surface area contributed by atoms with Gasteiger partial charge in [0.1, 0.15) is 6.04 Å². The zero-order chi connectivity index (χ0) is 12.1. The van der Waals surface area contributed by atoms with Crippen LogP contribution >= 0.6 is 0 Å². The molecule has 0 spiro atoms. The number of pyridine rings is 1. The fourth-order valence-electron chi connectivity index (χ4n) is 1.73. The average molecular weight is 235 g/mol. The van der Waals surface area contributed by atoms with Gasteiger partial charge in [-0.2, -0.15) is 0 Å². The van der Waals surface area contributed by atoms with Gasteiger partial charge in [0, 0.05) is 12.7 Å². The van der Waals surface area contributed by atoms with Gasteiger partial charge < -0.3 is 15.4 Å². The molecule has 2 rings (SSSR count). The van der Waals surface area contributed by atoms with Crippen LogP contribution in [0.1, 0.15) is 11.3 Å². The molecule has 1 aliphatic rings. The largest absolute Gasteiger partial charge is 0.378 e. The predicted molar refractivity (Wildman–Crippen MR) is 63.4 cm³/mol. The maximum Gasteiger partial charge on any atom is 0.239 e. The molecule has 2 N–H and O–H groups in total. The Hall–Kier alpha value is -1.46. The molecule has 1 saturated heterocycles. The van der Waals surface area contributed by atoms with Crippen molar-refractivity contribution in [3.8, 4) is 0 Å². The van der Waals surface area contributed by atoms with Crippen molar-refractivity contribution in [3.05, 3.63) is 29.6 Å². The van der Waals surface area contributed by atoms with Gasteiger partial charge >= 0.3 is 0 Å². The predicted octanol–water partition coefficient (Wildman–Crippen LogP) is -0.00538. The molecule has 0 unspecified atom stereocenters. The Balaban J connectivity index is 1.85. The molecule has 1 amide bonds. The van der Waals surface area contributed by atoms with Crippen LogP contribution in [0.3, 0.4) is 0 Å². The highest BCUT2D eigenvalue weighted by Crippen LogP contribution is 2.02. The number of nitrogens with zero attached hydrogens (tertiary/aromatic N) is 1. The van der Waals surface area contributed by atoms with Crippen molar-refractivity contribution in [3.63, 3.8) is 0 Å². The van der Waals surface area contributed by atoms with E-state index in [1.807, 2.05) is 19.1 Å². The smallest absolute Gasteiger partial charge is 0.239 e. The van der Waals surface area contributed by atoms with Gasteiger partial charge in [0.2, 0.25) is 5.91 Å². The van der Waals surface area contributed by atoms with Gasteiger partial charge in [0.15, 0.2) is 0 Å². The fraction of sp³-hybridized carbons (Fsp3) is 0.500. The van der Waals surface area contributed by atoms with Gasteiger partial charge in [-0.25, -0.2) is 0 Å². The normalized spacial score (nSPS) is 19.9. The highest BCUT2D eigenvalue weighted by Gasteiger charge is 2.20. The fourth-order valence-corrected chi connectivity index (χ4v) is 1.73. The van der Waals surface area contributed by atoms with Crippen molar-refractivity contribution < 1.29 is 9.53 Å². The number of morpholine rings is 1. The van der Waals surface area contributed by atoms with E-state index in [4.69, 9.17) is 4.74 Å². The maximum absolute atomic E-state index is 11.8. The van der Waals surface area contributed by atoms with E-state index in [0.717, 1.165) is 17.8 Å². The molecule has 0 aromatic carbocycles. The van der Waals surface area contributed by atoms with Crippen molar-refractivity contribution in [2.45, 2.75) is 19.5 Å². The van der Waals surface area contributed by atoms with Crippen LogP contribution in [0.25, 0.3) is 0 Å². The lowest BCUT2D eigenvalue weighted by atomic mass is 10.2. The van der Waals surface area contributed by atoms with Crippen molar-refractivity contribution in [1.29, 1.82) is 0 Å². The number of aryl methyl sites for hydroxylation is 1. The Morgan fingerprint density at radius 2 is 2.59 bits per heavy atom. The maximum atomic E-state index is 11.8. The van der Waals surface area contributed by atoms with Crippen LogP contribution < -0.4 is 10.6 Å². The summed E-state index contributed by atoms with van der Waals surface area (Å²) < 4.78 is 5.24. The zero-order valence-corrected chi connectivity index (χ0v) is 9.90. The van der Waals surface area contributed by atoms with Crippen molar-refractivity contribution in [2.24, 2.45) is 0 Å². The average Bonchev–Trinajstić information content (AvgIpc) is 2.38. The van der Waals surface area contributed by atoms with E-state index < -0.39 is 0 Å². The van der Waals surface area contributed by atoms with Gasteiger partial charge in [-0.05, 0) is 18.6 Å². The molecule has 0 aliphatic carbocycles. The number of rotatable bonds is 3. The highest BCUT2D eigenvalue weighted by molar-refractivity contribution is 5.81. The topological polar surface area (TPSA) is 63.2 Å². The summed E-state index contributed by atoms with van der Waals surface area (Å²) in [6, 6.07) is 3.63. The first-order chi connectivity index (χ1) is 8.27. The van der Waals surface area contributed by atoms with E-state index in [0.29, 0.717) is 19.8 Å². The summed E-state index contributed by atoms with van der Waals surface area (Å²) in [4.78, 5) is 16.0. The van der Waals surface area contributed by atoms with Crippen LogP contribution in [0, 0.1) is 6.92 Å². The van der Waals surface area contributed by atoms with Gasteiger partial charge in [0.05, 0.1) is 25.5 Å². The second-order valence-corrected chi connectivity index (χ2v) is 4.07. The molecule has 5 nitrogen and oxygen atoms in total. The van der Waals surface area contributed by atoms with Crippen LogP contribution in [-0.2, 0) is 16.1 Å². The monoisotopic (exact) mass is 235 g/mol. The van der Waals surface area contributed by atoms with Crippen molar-refractivity contribution >= 4 is 5.91 Å². The summed E-state index contributed by atoms with van der Waals surface area (Å²) in [7, 11) is 0. The molecule has 92 valence electrons. The lowest BCUT2D eigenvalue weighted by molar-refractivity contribution is -0.126. The molecule has 2 heterocycles. The minimum Gasteiger partial charge on any atom is -0.378 e. The number of carbonyl (C=O) groups is 1. The number of nitrogens with one attached hydrogen (secondary N) is 2. The van der Waals surface area contributed by atoms with Crippen LogP contribution in [-0.4, -0.2) is 36.7 Å². The lowest BCUT2D eigenvalue weighted by Crippen LogP contribution is -2.51. The van der Waals surface area contributed by atoms with E-state index in [9.17, 15) is 4.79 Å². The Kier molecular flexibility index (Phi) is 4.06. The number of amides is 1. The summed E-state index contributed by atoms with van der Waals surface area (Å²) >= 11 is 0. The number of aromatic nitrogens is 1. The number of ether oxygens (including phenoxy) is 1. The standard InChI is InChI=1S/C12H17N3O2/c1-9-3-2-4-13-10(9)7-15-12(16)11-8-17-6-5-14-11/h2-4,11,14H,5-8H2,1H3,(H,15,16)/t11-/m0/s1. The van der Waals surface area contributed by atoms with E-state index in [1.54, 1.807) is 6.20 Å². The van der Waals surface area contributed by atoms with Crippen LogP contribution in [0.2, 0.25) is 0 Å². The minimum atomic E-state index is -0.243. The van der Waals surface area contributed by atoms with Crippen LogP contribution in [0.15, 0.2) is 18.3 Å².